The highest BCUT2D eigenvalue weighted by Crippen LogP contribution is 2.37. The summed E-state index contributed by atoms with van der Waals surface area (Å²) in [5.41, 5.74) is 11.6. The van der Waals surface area contributed by atoms with Crippen molar-refractivity contribution in [1.82, 2.24) is 29.9 Å². The van der Waals surface area contributed by atoms with Crippen molar-refractivity contribution in [2.24, 2.45) is 0 Å². The number of aromatic nitrogens is 6. The van der Waals surface area contributed by atoms with Crippen LogP contribution in [-0.4, -0.2) is 109 Å². The lowest BCUT2D eigenvalue weighted by Crippen LogP contribution is -2.37. The van der Waals surface area contributed by atoms with Crippen LogP contribution >= 0.6 is 0 Å². The molecule has 6 aromatic carbocycles. The average molecular weight is 1130 g/mol. The molecule has 4 N–H and O–H groups in total. The Morgan fingerprint density at radius 1 is 0.548 bits per heavy atom. The number of hydrogen-bond acceptors (Lipinski definition) is 14. The van der Waals surface area contributed by atoms with Gasteiger partial charge in [0.1, 0.15) is 5.75 Å². The fourth-order valence-electron chi connectivity index (χ4n) is 10.0. The Hall–Kier alpha value is -9.65. The van der Waals surface area contributed by atoms with Crippen molar-refractivity contribution in [2.75, 3.05) is 77.6 Å². The number of carbonyl (C=O) groups excluding carboxylic acids is 2. The minimum Gasteiger partial charge on any atom is -0.497 e. The van der Waals surface area contributed by atoms with Crippen LogP contribution in [0.3, 0.4) is 0 Å². The molecule has 0 amide bonds. The number of nitrogens with one attached hydrogen (secondary N) is 4. The third-order valence-electron chi connectivity index (χ3n) is 14.4. The molecule has 0 bridgehead atoms. The van der Waals surface area contributed by atoms with E-state index in [1.807, 2.05) is 100 Å². The maximum Gasteiger partial charge on any atom is 0.361 e. The second kappa shape index (κ2) is 26.5. The second-order valence-electron chi connectivity index (χ2n) is 20.5. The van der Waals surface area contributed by atoms with Crippen molar-refractivity contribution in [3.63, 3.8) is 0 Å². The number of anilines is 2. The van der Waals surface area contributed by atoms with Gasteiger partial charge in [-0.25, -0.2) is 14.3 Å². The van der Waals surface area contributed by atoms with E-state index in [4.69, 9.17) is 23.7 Å². The van der Waals surface area contributed by atoms with Gasteiger partial charge in [0.05, 0.1) is 80.7 Å². The number of hydrogen-bond donors (Lipinski definition) is 4. The van der Waals surface area contributed by atoms with Gasteiger partial charge in [-0.3, -0.25) is 14.4 Å². The highest BCUT2D eigenvalue weighted by atomic mass is 16.5. The fraction of sp³-hybridized carbons (Fsp3) is 0.258. The largest absolute Gasteiger partial charge is 0.497 e. The fourth-order valence-corrected chi connectivity index (χ4v) is 10.0. The minimum absolute atomic E-state index is 0.0358. The minimum atomic E-state index is -0.835. The lowest BCUT2D eigenvalue weighted by molar-refractivity contribution is 0.0546. The molecule has 0 spiro atoms. The maximum atomic E-state index is 12.9. The molecule has 18 heteroatoms. The lowest BCUT2D eigenvalue weighted by Gasteiger charge is -2.31. The number of ether oxygens (including phenoxy) is 5. The van der Waals surface area contributed by atoms with Crippen molar-refractivity contribution in [3.8, 4) is 45.2 Å². The van der Waals surface area contributed by atoms with E-state index in [0.717, 1.165) is 92.9 Å². The summed E-state index contributed by atoms with van der Waals surface area (Å²) < 4.78 is 27.2. The summed E-state index contributed by atoms with van der Waals surface area (Å²) in [5.74, 6) is -0.997. The molecule has 0 unspecified atom stereocenters. The number of methoxy groups -OCH3 is 3. The van der Waals surface area contributed by atoms with E-state index < -0.39 is 11.9 Å². The average Bonchev–Trinajstić information content (AvgIpc) is 2.11. The number of benzene rings is 6. The van der Waals surface area contributed by atoms with Crippen molar-refractivity contribution in [1.29, 1.82) is 0 Å². The summed E-state index contributed by atoms with van der Waals surface area (Å²) >= 11 is 0. The number of fused-ring (bicyclic) bond motifs is 3. The van der Waals surface area contributed by atoms with Crippen LogP contribution in [0.25, 0.3) is 71.8 Å². The topological polar surface area (TPSA) is 225 Å². The molecule has 1 aliphatic rings. The van der Waals surface area contributed by atoms with Crippen LogP contribution in [0.4, 0.5) is 11.4 Å². The van der Waals surface area contributed by atoms with Crippen molar-refractivity contribution in [3.05, 3.63) is 198 Å². The van der Waals surface area contributed by atoms with Crippen molar-refractivity contribution in [2.45, 2.75) is 48.0 Å². The van der Waals surface area contributed by atoms with Gasteiger partial charge in [-0.2, -0.15) is 0 Å². The number of rotatable bonds is 14. The van der Waals surface area contributed by atoms with Gasteiger partial charge in [-0.1, -0.05) is 137 Å². The molecule has 10 aromatic rings. The number of pyridine rings is 3. The normalized spacial score (nSPS) is 12.1. The molecular weight excluding hydrogens is 1060 g/mol. The van der Waals surface area contributed by atoms with E-state index in [0.29, 0.717) is 65.2 Å². The van der Waals surface area contributed by atoms with Crippen molar-refractivity contribution < 1.29 is 33.3 Å². The monoisotopic (exact) mass is 1130 g/mol. The van der Waals surface area contributed by atoms with Gasteiger partial charge in [-0.05, 0) is 71.4 Å². The number of nitrogens with zero attached hydrogens (tertiary/aromatic N) is 4. The standard InChI is InChI=1S/C23H20N4O5.C22H26N2O3.C21H22N2O2/c1-12-5-8-14(9-6-12)17-19(15-10-7-13(2)11-16(15)21(28)24-17)27-20(23(30)32-4)18(25-26-27)22(29)31-3;1-4-12-27-13-11-23-21-18-10-9-17(26-3)14-19(18)22(25)24-20(21)16-7-5-15(2)6-8-16;1-14-3-6-16(7-4-14)19-20(23-9-11-25-12-10-23)17-8-5-15(2)13-18(17)21(24)22-19/h5-11H,1-4H3,(H,24,28);5-10,14,23H,4,11-13H2,1-3H3,(H,24,25);3-8,13H,9-12H2,1-2H3,(H,22,24). The van der Waals surface area contributed by atoms with E-state index in [1.165, 1.54) is 30.0 Å². The van der Waals surface area contributed by atoms with Gasteiger partial charge >= 0.3 is 11.9 Å². The van der Waals surface area contributed by atoms with E-state index in [1.54, 1.807) is 25.3 Å². The Morgan fingerprint density at radius 2 is 1.01 bits per heavy atom. The van der Waals surface area contributed by atoms with Crippen LogP contribution < -0.4 is 31.6 Å². The van der Waals surface area contributed by atoms with Gasteiger partial charge in [0.25, 0.3) is 16.7 Å². The Kier molecular flexibility index (Phi) is 18.6. The van der Waals surface area contributed by atoms with Gasteiger partial charge in [0, 0.05) is 69.9 Å². The molecule has 1 saturated heterocycles. The first-order valence-corrected chi connectivity index (χ1v) is 27.7. The number of morpholine rings is 1. The van der Waals surface area contributed by atoms with Gasteiger partial charge in [-0.15, -0.1) is 5.10 Å². The van der Waals surface area contributed by atoms with Crippen molar-refractivity contribution >= 4 is 55.6 Å². The summed E-state index contributed by atoms with van der Waals surface area (Å²) in [7, 11) is 3.97. The molecule has 0 atom stereocenters. The maximum absolute atomic E-state index is 12.9. The first-order chi connectivity index (χ1) is 40.6. The number of esters is 2. The molecule has 4 aromatic heterocycles. The molecule has 0 saturated carbocycles. The first kappa shape index (κ1) is 59.0. The summed E-state index contributed by atoms with van der Waals surface area (Å²) in [6.07, 6.45) is 0.996. The SMILES string of the molecule is CCCOCCNc1c(-c2ccc(C)cc2)[nH]c(=O)c2cc(OC)ccc12.COC(=O)c1nnn(-c2c(-c3ccc(C)cc3)[nH]c(=O)c3cc(C)ccc23)c1C(=O)OC.Cc1ccc(-c2[nH]c(=O)c3cc(C)ccc3c2N2CCOCC2)cc1. The zero-order valence-corrected chi connectivity index (χ0v) is 48.7. The third-order valence-corrected chi connectivity index (χ3v) is 14.4. The molecular formula is C66H68N8O10. The van der Waals surface area contributed by atoms with Crippen LogP contribution in [0.15, 0.2) is 142 Å². The number of aromatic amines is 3. The Balaban J connectivity index is 0.000000152. The Morgan fingerprint density at radius 3 is 1.52 bits per heavy atom. The van der Waals surface area contributed by atoms with Crippen LogP contribution in [0.1, 0.15) is 62.1 Å². The first-order valence-electron chi connectivity index (χ1n) is 27.7. The van der Waals surface area contributed by atoms with E-state index >= 15 is 0 Å². The molecule has 84 heavy (non-hydrogen) atoms. The molecule has 0 radical (unpaired) electrons. The molecule has 1 fully saturated rings. The number of aryl methyl sites for hydroxylation is 5. The molecule has 18 nitrogen and oxygen atoms in total. The number of H-pyrrole nitrogens is 3. The summed E-state index contributed by atoms with van der Waals surface area (Å²) in [6.45, 7) is 17.1. The van der Waals surface area contributed by atoms with Crippen LogP contribution in [0, 0.1) is 34.6 Å². The highest BCUT2D eigenvalue weighted by Gasteiger charge is 2.31. The summed E-state index contributed by atoms with van der Waals surface area (Å²) in [6, 6.07) is 41.0. The lowest BCUT2D eigenvalue weighted by atomic mass is 10.0. The Bertz CT molecular complexity index is 4200. The number of carbonyl (C=O) groups is 2. The van der Waals surface area contributed by atoms with E-state index in [2.05, 4.69) is 85.7 Å². The molecule has 1 aliphatic heterocycles. The van der Waals surface area contributed by atoms with E-state index in [-0.39, 0.29) is 28.1 Å². The zero-order chi connectivity index (χ0) is 59.6. The van der Waals surface area contributed by atoms with E-state index in [9.17, 15) is 24.0 Å². The molecule has 5 heterocycles. The predicted octanol–water partition coefficient (Wildman–Crippen LogP) is 11.0. The van der Waals surface area contributed by atoms with Crippen LogP contribution in [0.2, 0.25) is 0 Å². The van der Waals surface area contributed by atoms with Crippen LogP contribution in [0.5, 0.6) is 5.75 Å². The Labute approximate surface area is 485 Å². The zero-order valence-electron chi connectivity index (χ0n) is 48.7. The quantitative estimate of drug-likeness (QED) is 0.0587. The second-order valence-corrected chi connectivity index (χ2v) is 20.5. The van der Waals surface area contributed by atoms with Gasteiger partial charge < -0.3 is 48.9 Å². The van der Waals surface area contributed by atoms with Gasteiger partial charge in [0.15, 0.2) is 5.69 Å². The molecule has 0 aliphatic carbocycles. The summed E-state index contributed by atoms with van der Waals surface area (Å²) in [5, 5.41) is 15.6. The summed E-state index contributed by atoms with van der Waals surface area (Å²) in [4.78, 5) is 74.7. The molecule has 432 valence electrons. The van der Waals surface area contributed by atoms with Gasteiger partial charge in [0.2, 0.25) is 5.69 Å². The predicted molar refractivity (Wildman–Crippen MR) is 330 cm³/mol. The smallest absolute Gasteiger partial charge is 0.361 e. The third kappa shape index (κ3) is 12.8. The highest BCUT2D eigenvalue weighted by molar-refractivity contribution is 6.04. The molecule has 11 rings (SSSR count). The van der Waals surface area contributed by atoms with Crippen LogP contribution in [-0.2, 0) is 18.9 Å².